The van der Waals surface area contributed by atoms with Gasteiger partial charge in [0.2, 0.25) is 0 Å². The molecule has 0 saturated heterocycles. The van der Waals surface area contributed by atoms with Gasteiger partial charge in [0.25, 0.3) is 0 Å². The van der Waals surface area contributed by atoms with Crippen LogP contribution in [0.5, 0.6) is 11.5 Å². The summed E-state index contributed by atoms with van der Waals surface area (Å²) in [6.45, 7) is -0.293. The Bertz CT molecular complexity index is 690. The molecule has 21 heavy (non-hydrogen) atoms. The van der Waals surface area contributed by atoms with Crippen molar-refractivity contribution >= 4 is 0 Å². The molecule has 0 unspecified atom stereocenters. The lowest BCUT2D eigenvalue weighted by Crippen LogP contribution is -2.08. The van der Waals surface area contributed by atoms with E-state index >= 15 is 0 Å². The van der Waals surface area contributed by atoms with Gasteiger partial charge in [0.15, 0.2) is 0 Å². The first-order valence-electron chi connectivity index (χ1n) is 5.93. The summed E-state index contributed by atoms with van der Waals surface area (Å²) < 4.78 is 43.9. The molecule has 0 heterocycles. The Balaban J connectivity index is 2.40. The van der Waals surface area contributed by atoms with Gasteiger partial charge in [0.05, 0.1) is 23.8 Å². The van der Waals surface area contributed by atoms with E-state index < -0.39 is 17.3 Å². The molecular formula is C15H10F3NO2. The van der Waals surface area contributed by atoms with Crippen LogP contribution >= 0.6 is 0 Å². The van der Waals surface area contributed by atoms with Crippen molar-refractivity contribution in [2.45, 2.75) is 12.8 Å². The topological polar surface area (TPSA) is 53.2 Å². The van der Waals surface area contributed by atoms with Crippen LogP contribution in [0.2, 0.25) is 0 Å². The summed E-state index contributed by atoms with van der Waals surface area (Å²) in [5.41, 5.74) is -1.07. The number of ether oxygens (including phenoxy) is 1. The standard InChI is InChI=1S/C15H10F3NO2/c16-15(17,18)13-7-12(6-5-10(13)8-19)21-14-4-2-1-3-11(14)9-20/h1-7,20H,9H2. The Morgan fingerprint density at radius 1 is 1.14 bits per heavy atom. The van der Waals surface area contributed by atoms with Crippen molar-refractivity contribution < 1.29 is 23.0 Å². The fourth-order valence-corrected chi connectivity index (χ4v) is 1.78. The fraction of sp³-hybridized carbons (Fsp3) is 0.133. The van der Waals surface area contributed by atoms with Crippen LogP contribution in [0, 0.1) is 11.3 Å². The maximum absolute atomic E-state index is 12.9. The minimum Gasteiger partial charge on any atom is -0.457 e. The van der Waals surface area contributed by atoms with Gasteiger partial charge in [-0.15, -0.1) is 0 Å². The van der Waals surface area contributed by atoms with Crippen molar-refractivity contribution in [1.82, 2.24) is 0 Å². The van der Waals surface area contributed by atoms with E-state index in [1.165, 1.54) is 18.2 Å². The van der Waals surface area contributed by atoms with Crippen molar-refractivity contribution in [3.05, 3.63) is 59.2 Å². The van der Waals surface area contributed by atoms with Crippen molar-refractivity contribution in [2.24, 2.45) is 0 Å². The molecule has 0 aliphatic rings. The van der Waals surface area contributed by atoms with Gasteiger partial charge >= 0.3 is 6.18 Å². The monoisotopic (exact) mass is 293 g/mol. The molecule has 2 aromatic carbocycles. The molecule has 0 amide bonds. The summed E-state index contributed by atoms with van der Waals surface area (Å²) in [5, 5.41) is 17.9. The minimum atomic E-state index is -4.64. The zero-order chi connectivity index (χ0) is 15.5. The number of nitrogens with zero attached hydrogens (tertiary/aromatic N) is 1. The molecule has 0 radical (unpaired) electrons. The molecule has 0 bridgehead atoms. The zero-order valence-electron chi connectivity index (χ0n) is 10.7. The Morgan fingerprint density at radius 3 is 2.48 bits per heavy atom. The molecule has 0 fully saturated rings. The minimum absolute atomic E-state index is 0.0535. The largest absolute Gasteiger partial charge is 0.457 e. The normalized spacial score (nSPS) is 11.0. The number of aliphatic hydroxyl groups is 1. The predicted molar refractivity (Wildman–Crippen MR) is 68.6 cm³/mol. The first kappa shape index (κ1) is 14.9. The SMILES string of the molecule is N#Cc1ccc(Oc2ccccc2CO)cc1C(F)(F)F. The molecule has 6 heteroatoms. The number of hydrogen-bond acceptors (Lipinski definition) is 3. The Morgan fingerprint density at radius 2 is 1.86 bits per heavy atom. The molecule has 0 aliphatic heterocycles. The third-order valence-electron chi connectivity index (χ3n) is 2.79. The molecule has 0 atom stereocenters. The van der Waals surface area contributed by atoms with Crippen LogP contribution in [0.3, 0.4) is 0 Å². The molecular weight excluding hydrogens is 283 g/mol. The van der Waals surface area contributed by atoms with Crippen LogP contribution in [-0.2, 0) is 12.8 Å². The van der Waals surface area contributed by atoms with Gasteiger partial charge in [-0.3, -0.25) is 0 Å². The van der Waals surface area contributed by atoms with Crippen LogP contribution in [0.15, 0.2) is 42.5 Å². The van der Waals surface area contributed by atoms with Crippen LogP contribution in [0.4, 0.5) is 13.2 Å². The number of rotatable bonds is 3. The highest BCUT2D eigenvalue weighted by atomic mass is 19.4. The van der Waals surface area contributed by atoms with Crippen molar-refractivity contribution in [3.63, 3.8) is 0 Å². The van der Waals surface area contributed by atoms with E-state index in [1.54, 1.807) is 18.2 Å². The van der Waals surface area contributed by atoms with Crippen LogP contribution in [0.1, 0.15) is 16.7 Å². The van der Waals surface area contributed by atoms with E-state index in [0.717, 1.165) is 12.1 Å². The highest BCUT2D eigenvalue weighted by Gasteiger charge is 2.34. The van der Waals surface area contributed by atoms with E-state index in [-0.39, 0.29) is 18.1 Å². The van der Waals surface area contributed by atoms with E-state index in [2.05, 4.69) is 0 Å². The highest BCUT2D eigenvalue weighted by Crippen LogP contribution is 2.35. The molecule has 0 aromatic heterocycles. The molecule has 0 spiro atoms. The smallest absolute Gasteiger partial charge is 0.417 e. The third-order valence-corrected chi connectivity index (χ3v) is 2.79. The first-order chi connectivity index (χ1) is 9.95. The summed E-state index contributed by atoms with van der Waals surface area (Å²) in [6, 6.07) is 11.1. The predicted octanol–water partition coefficient (Wildman–Crippen LogP) is 3.86. The van der Waals surface area contributed by atoms with Crippen molar-refractivity contribution in [3.8, 4) is 17.6 Å². The maximum Gasteiger partial charge on any atom is 0.417 e. The molecule has 108 valence electrons. The maximum atomic E-state index is 12.9. The summed E-state index contributed by atoms with van der Waals surface area (Å²) in [5.74, 6) is 0.208. The van der Waals surface area contributed by atoms with Gasteiger partial charge in [-0.25, -0.2) is 0 Å². The Kier molecular flexibility index (Phi) is 4.15. The van der Waals surface area contributed by atoms with Gasteiger partial charge in [0, 0.05) is 5.56 Å². The lowest BCUT2D eigenvalue weighted by molar-refractivity contribution is -0.137. The molecule has 3 nitrogen and oxygen atoms in total. The molecule has 0 aliphatic carbocycles. The summed E-state index contributed by atoms with van der Waals surface area (Å²) in [6.07, 6.45) is -4.64. The average molecular weight is 293 g/mol. The zero-order valence-corrected chi connectivity index (χ0v) is 10.7. The second-order valence-corrected chi connectivity index (χ2v) is 4.18. The molecule has 1 N–H and O–H groups in total. The molecule has 2 rings (SSSR count). The van der Waals surface area contributed by atoms with Gasteiger partial charge < -0.3 is 9.84 Å². The number of para-hydroxylation sites is 1. The number of halogens is 3. The van der Waals surface area contributed by atoms with E-state index in [1.807, 2.05) is 0 Å². The van der Waals surface area contributed by atoms with Gasteiger partial charge in [-0.2, -0.15) is 18.4 Å². The number of alkyl halides is 3. The van der Waals surface area contributed by atoms with Gasteiger partial charge in [-0.05, 0) is 24.3 Å². The number of aliphatic hydroxyl groups excluding tert-OH is 1. The number of benzene rings is 2. The lowest BCUT2D eigenvalue weighted by atomic mass is 10.1. The number of nitriles is 1. The average Bonchev–Trinajstić information content (AvgIpc) is 2.47. The van der Waals surface area contributed by atoms with Crippen molar-refractivity contribution in [1.29, 1.82) is 5.26 Å². The Hall–Kier alpha value is -2.52. The molecule has 2 aromatic rings. The van der Waals surface area contributed by atoms with E-state index in [9.17, 15) is 13.2 Å². The quantitative estimate of drug-likeness (QED) is 0.934. The Labute approximate surface area is 118 Å². The summed E-state index contributed by atoms with van der Waals surface area (Å²) >= 11 is 0. The second kappa shape index (κ2) is 5.85. The van der Waals surface area contributed by atoms with Crippen LogP contribution in [-0.4, -0.2) is 5.11 Å². The molecule has 0 saturated carbocycles. The highest BCUT2D eigenvalue weighted by molar-refractivity contribution is 5.46. The van der Waals surface area contributed by atoms with Crippen LogP contribution in [0.25, 0.3) is 0 Å². The van der Waals surface area contributed by atoms with Crippen molar-refractivity contribution in [2.75, 3.05) is 0 Å². The van der Waals surface area contributed by atoms with Gasteiger partial charge in [0.1, 0.15) is 11.5 Å². The summed E-state index contributed by atoms with van der Waals surface area (Å²) in [7, 11) is 0. The van der Waals surface area contributed by atoms with E-state index in [4.69, 9.17) is 15.1 Å². The first-order valence-corrected chi connectivity index (χ1v) is 5.93. The fourth-order valence-electron chi connectivity index (χ4n) is 1.78. The van der Waals surface area contributed by atoms with Crippen LogP contribution < -0.4 is 4.74 Å². The number of hydrogen-bond donors (Lipinski definition) is 1. The van der Waals surface area contributed by atoms with E-state index in [0.29, 0.717) is 5.56 Å². The third kappa shape index (κ3) is 3.33. The lowest BCUT2D eigenvalue weighted by Gasteiger charge is -2.13. The van der Waals surface area contributed by atoms with Gasteiger partial charge in [-0.1, -0.05) is 18.2 Å². The summed E-state index contributed by atoms with van der Waals surface area (Å²) in [4.78, 5) is 0. The second-order valence-electron chi connectivity index (χ2n) is 4.18.